The van der Waals surface area contributed by atoms with Gasteiger partial charge >= 0.3 is 7.60 Å². The van der Waals surface area contributed by atoms with E-state index in [1.807, 2.05) is 63.2 Å². The lowest BCUT2D eigenvalue weighted by molar-refractivity contribution is 0.205. The van der Waals surface area contributed by atoms with Gasteiger partial charge in [-0.2, -0.15) is 0 Å². The Morgan fingerprint density at radius 2 is 1.33 bits per heavy atom. The predicted molar refractivity (Wildman–Crippen MR) is 137 cm³/mol. The molecular formula is C27H42NO4P. The van der Waals surface area contributed by atoms with Gasteiger partial charge in [0.25, 0.3) is 0 Å². The summed E-state index contributed by atoms with van der Waals surface area (Å²) in [4.78, 5) is 0. The van der Waals surface area contributed by atoms with Crippen LogP contribution in [0.4, 0.5) is 0 Å². The molecule has 0 aliphatic heterocycles. The Balaban J connectivity index is 2.75. The van der Waals surface area contributed by atoms with E-state index in [0.29, 0.717) is 0 Å². The zero-order valence-corrected chi connectivity index (χ0v) is 22.6. The summed E-state index contributed by atoms with van der Waals surface area (Å²) >= 11 is 0. The number of benzene rings is 2. The lowest BCUT2D eigenvalue weighted by Gasteiger charge is -2.33. The summed E-state index contributed by atoms with van der Waals surface area (Å²) in [5.74, 6) is -0.410. The molecule has 0 heterocycles. The highest BCUT2D eigenvalue weighted by molar-refractivity contribution is 7.54. The first-order valence-electron chi connectivity index (χ1n) is 11.8. The fraction of sp³-hybridized carbons (Fsp3) is 0.556. The maximum absolute atomic E-state index is 14.1. The number of rotatable bonds is 9. The van der Waals surface area contributed by atoms with E-state index in [1.54, 1.807) is 0 Å². The first-order valence-corrected chi connectivity index (χ1v) is 13.4. The summed E-state index contributed by atoms with van der Waals surface area (Å²) in [5, 5.41) is 14.7. The van der Waals surface area contributed by atoms with Gasteiger partial charge in [0.2, 0.25) is 0 Å². The van der Waals surface area contributed by atoms with Gasteiger partial charge in [-0.05, 0) is 66.0 Å². The molecule has 0 fully saturated rings. The minimum absolute atomic E-state index is 0.101. The summed E-state index contributed by atoms with van der Waals surface area (Å²) < 4.78 is 25.7. The Labute approximate surface area is 200 Å². The number of hydrogen-bond acceptors (Lipinski definition) is 5. The molecule has 2 atom stereocenters. The molecule has 0 bridgehead atoms. The Bertz CT molecular complexity index is 915. The fourth-order valence-corrected chi connectivity index (χ4v) is 5.96. The second-order valence-electron chi connectivity index (χ2n) is 10.5. The fourth-order valence-electron chi connectivity index (χ4n) is 3.95. The summed E-state index contributed by atoms with van der Waals surface area (Å²) in [7, 11) is -3.58. The van der Waals surface area contributed by atoms with Gasteiger partial charge < -0.3 is 14.2 Å². The summed E-state index contributed by atoms with van der Waals surface area (Å²) in [5.41, 5.74) is 2.87. The van der Waals surface area contributed by atoms with E-state index in [1.165, 1.54) is 0 Å². The van der Waals surface area contributed by atoms with Crippen LogP contribution in [-0.2, 0) is 24.4 Å². The molecule has 184 valence electrons. The van der Waals surface area contributed by atoms with Crippen LogP contribution in [0.3, 0.4) is 0 Å². The highest BCUT2D eigenvalue weighted by atomic mass is 31.2. The zero-order valence-electron chi connectivity index (χ0n) is 21.7. The quantitative estimate of drug-likeness (QED) is 0.365. The number of phenolic OH excluding ortho intramolecular Hbond substituents is 1. The second kappa shape index (κ2) is 10.7. The molecule has 0 aliphatic rings. The van der Waals surface area contributed by atoms with Gasteiger partial charge in [-0.1, -0.05) is 71.9 Å². The topological polar surface area (TPSA) is 67.8 Å². The van der Waals surface area contributed by atoms with Crippen molar-refractivity contribution in [1.82, 2.24) is 5.32 Å². The maximum Gasteiger partial charge on any atom is 0.351 e. The Kier molecular flexibility index (Phi) is 8.98. The molecule has 2 aromatic rings. The summed E-state index contributed by atoms with van der Waals surface area (Å²) in [6.45, 7) is 18.6. The molecular weight excluding hydrogens is 433 g/mol. The van der Waals surface area contributed by atoms with Gasteiger partial charge in [0.15, 0.2) is 0 Å². The van der Waals surface area contributed by atoms with Crippen molar-refractivity contribution >= 4 is 7.60 Å². The van der Waals surface area contributed by atoms with Gasteiger partial charge in [0.1, 0.15) is 11.5 Å². The van der Waals surface area contributed by atoms with E-state index in [2.05, 4.69) is 46.9 Å². The van der Waals surface area contributed by atoms with Crippen LogP contribution in [0.15, 0.2) is 42.5 Å². The molecule has 2 rings (SSSR count). The van der Waals surface area contributed by atoms with Crippen molar-refractivity contribution in [2.75, 3.05) is 13.2 Å². The Morgan fingerprint density at radius 3 is 1.73 bits per heavy atom. The van der Waals surface area contributed by atoms with E-state index < -0.39 is 13.4 Å². The average Bonchev–Trinajstić information content (AvgIpc) is 2.71. The maximum atomic E-state index is 14.1. The normalized spacial score (nSPS) is 14.8. The average molecular weight is 476 g/mol. The molecule has 2 unspecified atom stereocenters. The van der Waals surface area contributed by atoms with Gasteiger partial charge in [0.05, 0.1) is 13.2 Å². The molecule has 0 saturated heterocycles. The molecule has 0 aromatic heterocycles. The predicted octanol–water partition coefficient (Wildman–Crippen LogP) is 7.60. The van der Waals surface area contributed by atoms with Crippen LogP contribution in [0.1, 0.15) is 96.4 Å². The summed E-state index contributed by atoms with van der Waals surface area (Å²) in [6, 6.07) is 13.8. The zero-order chi connectivity index (χ0) is 25.0. The highest BCUT2D eigenvalue weighted by Crippen LogP contribution is 2.61. The van der Waals surface area contributed by atoms with Crippen molar-refractivity contribution in [3.63, 3.8) is 0 Å². The first kappa shape index (κ1) is 27.6. The van der Waals surface area contributed by atoms with Crippen LogP contribution in [0, 0.1) is 0 Å². The van der Waals surface area contributed by atoms with E-state index >= 15 is 0 Å². The third kappa shape index (κ3) is 6.70. The SMILES string of the molecule is CCOP(=O)(OCC)C(NC(C)c1ccccc1)c1cc(C(C)(C)C)c(O)c(C(C)(C)C)c1. The number of phenols is 1. The highest BCUT2D eigenvalue weighted by Gasteiger charge is 2.40. The monoisotopic (exact) mass is 475 g/mol. The van der Waals surface area contributed by atoms with Crippen molar-refractivity contribution in [3.05, 3.63) is 64.7 Å². The van der Waals surface area contributed by atoms with Crippen LogP contribution < -0.4 is 5.32 Å². The van der Waals surface area contributed by atoms with E-state index in [4.69, 9.17) is 9.05 Å². The molecule has 2 N–H and O–H groups in total. The van der Waals surface area contributed by atoms with Gasteiger partial charge in [-0.25, -0.2) is 0 Å². The smallest absolute Gasteiger partial charge is 0.351 e. The minimum Gasteiger partial charge on any atom is -0.507 e. The van der Waals surface area contributed by atoms with Crippen molar-refractivity contribution in [2.45, 2.75) is 85.0 Å². The molecule has 0 saturated carbocycles. The standard InChI is InChI=1S/C27H42NO4P/c1-10-31-33(30,32-11-2)25(28-19(3)20-15-13-12-14-16-20)21-17-22(26(4,5)6)24(29)23(18-21)27(7,8)9/h12-19,25,28-29H,10-11H2,1-9H3. The number of hydrogen-bond donors (Lipinski definition) is 2. The van der Waals surface area contributed by atoms with Crippen LogP contribution >= 0.6 is 7.60 Å². The molecule has 0 radical (unpaired) electrons. The van der Waals surface area contributed by atoms with E-state index in [-0.39, 0.29) is 35.8 Å². The van der Waals surface area contributed by atoms with E-state index in [9.17, 15) is 9.67 Å². The van der Waals surface area contributed by atoms with Crippen LogP contribution in [0.5, 0.6) is 5.75 Å². The Morgan fingerprint density at radius 1 is 0.879 bits per heavy atom. The third-order valence-electron chi connectivity index (χ3n) is 5.71. The lowest BCUT2D eigenvalue weighted by Crippen LogP contribution is -2.28. The van der Waals surface area contributed by atoms with Gasteiger partial charge in [0, 0.05) is 6.04 Å². The molecule has 0 spiro atoms. The molecule has 0 aliphatic carbocycles. The van der Waals surface area contributed by atoms with Crippen molar-refractivity contribution in [1.29, 1.82) is 0 Å². The minimum atomic E-state index is -3.58. The van der Waals surface area contributed by atoms with E-state index in [0.717, 1.165) is 22.3 Å². The molecule has 5 nitrogen and oxygen atoms in total. The first-order chi connectivity index (χ1) is 15.2. The van der Waals surface area contributed by atoms with Crippen LogP contribution in [0.2, 0.25) is 0 Å². The molecule has 6 heteroatoms. The second-order valence-corrected chi connectivity index (χ2v) is 12.7. The van der Waals surface area contributed by atoms with Crippen LogP contribution in [0.25, 0.3) is 0 Å². The Hall–Kier alpha value is -1.65. The van der Waals surface area contributed by atoms with Gasteiger partial charge in [-0.3, -0.25) is 9.88 Å². The van der Waals surface area contributed by atoms with Crippen molar-refractivity contribution < 1.29 is 18.7 Å². The number of nitrogens with one attached hydrogen (secondary N) is 1. The molecule has 0 amide bonds. The van der Waals surface area contributed by atoms with Gasteiger partial charge in [-0.15, -0.1) is 0 Å². The largest absolute Gasteiger partial charge is 0.507 e. The lowest BCUT2D eigenvalue weighted by atomic mass is 9.78. The number of aromatic hydroxyl groups is 1. The van der Waals surface area contributed by atoms with Crippen molar-refractivity contribution in [3.8, 4) is 5.75 Å². The van der Waals surface area contributed by atoms with Crippen molar-refractivity contribution in [2.24, 2.45) is 0 Å². The molecule has 33 heavy (non-hydrogen) atoms. The molecule has 2 aromatic carbocycles. The third-order valence-corrected chi connectivity index (χ3v) is 8.02. The van der Waals surface area contributed by atoms with Crippen LogP contribution in [-0.4, -0.2) is 18.3 Å². The summed E-state index contributed by atoms with van der Waals surface area (Å²) in [6.07, 6.45) is 0.